The fraction of sp³-hybridized carbons (Fsp3) is 0.435. The highest BCUT2D eigenvalue weighted by atomic mass is 35.5. The lowest BCUT2D eigenvalue weighted by atomic mass is 9.95. The zero-order valence-corrected chi connectivity index (χ0v) is 17.7. The second-order valence-electron chi connectivity index (χ2n) is 8.02. The molecule has 0 bridgehead atoms. The molecule has 160 valence electrons. The summed E-state index contributed by atoms with van der Waals surface area (Å²) in [5.41, 5.74) is 3.37. The van der Waals surface area contributed by atoms with Crippen LogP contribution < -0.4 is 5.32 Å². The average Bonchev–Trinajstić information content (AvgIpc) is 3.01. The number of nitrogens with one attached hydrogen (secondary N) is 1. The molecule has 0 saturated carbocycles. The number of likely N-dealkylation sites (tertiary alicyclic amines) is 1. The Labute approximate surface area is 183 Å². The normalized spacial score (nSPS) is 20.3. The van der Waals surface area contributed by atoms with Gasteiger partial charge in [-0.3, -0.25) is 9.59 Å². The van der Waals surface area contributed by atoms with Crippen LogP contribution in [0.3, 0.4) is 0 Å². The predicted octanol–water partition coefficient (Wildman–Crippen LogP) is 3.34. The van der Waals surface area contributed by atoms with Gasteiger partial charge in [0.1, 0.15) is 12.4 Å². The van der Waals surface area contributed by atoms with E-state index in [9.17, 15) is 14.7 Å². The Morgan fingerprint density at radius 2 is 2.00 bits per heavy atom. The van der Waals surface area contributed by atoms with Gasteiger partial charge in [0, 0.05) is 24.2 Å². The molecule has 0 spiro atoms. The summed E-state index contributed by atoms with van der Waals surface area (Å²) in [6.45, 7) is 0.726. The number of hydrogen-bond donors (Lipinski definition) is 2. The highest BCUT2D eigenvalue weighted by Crippen LogP contribution is 2.31. The topological polar surface area (TPSA) is 82.5 Å². The number of aromatic nitrogens is 1. The molecule has 6 nitrogen and oxygen atoms in total. The van der Waals surface area contributed by atoms with Crippen molar-refractivity contribution in [3.05, 3.63) is 59.3 Å². The smallest absolute Gasteiger partial charge is 0.323 e. The van der Waals surface area contributed by atoms with E-state index in [4.69, 9.17) is 4.98 Å². The Hall–Kier alpha value is -2.60. The number of carbonyl (C=O) groups is 2. The first-order valence-electron chi connectivity index (χ1n) is 10.4. The van der Waals surface area contributed by atoms with E-state index < -0.39 is 5.97 Å². The number of nitrogens with zero attached hydrogens (tertiary/aromatic N) is 2. The van der Waals surface area contributed by atoms with E-state index in [0.29, 0.717) is 19.3 Å². The zero-order chi connectivity index (χ0) is 20.2. The van der Waals surface area contributed by atoms with Gasteiger partial charge in [-0.2, -0.15) is 0 Å². The van der Waals surface area contributed by atoms with Gasteiger partial charge >= 0.3 is 5.97 Å². The van der Waals surface area contributed by atoms with Gasteiger partial charge in [-0.25, -0.2) is 4.98 Å². The molecule has 2 unspecified atom stereocenters. The standard InChI is InChI=1S/C23H27N3O3.ClH/c27-21(28)15-26-20(13-16-5-2-1-3-6-16)14-18(23(26)29)9-11-19-10-8-17-7-4-12-24-22(17)25-19;/h1-3,5-6,8,10,18,20H,4,7,9,11-15H2,(H,24,25)(H,27,28);1H. The van der Waals surface area contributed by atoms with Gasteiger partial charge in [0.2, 0.25) is 5.91 Å². The van der Waals surface area contributed by atoms with Crippen molar-refractivity contribution in [1.29, 1.82) is 0 Å². The van der Waals surface area contributed by atoms with Crippen molar-refractivity contribution < 1.29 is 14.7 Å². The molecule has 1 saturated heterocycles. The van der Waals surface area contributed by atoms with Crippen LogP contribution in [0.1, 0.15) is 36.1 Å². The molecule has 2 aliphatic rings. The van der Waals surface area contributed by atoms with Crippen LogP contribution >= 0.6 is 12.4 Å². The first kappa shape index (κ1) is 22.1. The summed E-state index contributed by atoms with van der Waals surface area (Å²) >= 11 is 0. The molecule has 2 aliphatic heterocycles. The molecule has 7 heteroatoms. The summed E-state index contributed by atoms with van der Waals surface area (Å²) in [5, 5.41) is 12.6. The number of carboxylic acids is 1. The molecule has 3 heterocycles. The molecular formula is C23H28ClN3O3. The van der Waals surface area contributed by atoms with Gasteiger partial charge in [0.15, 0.2) is 0 Å². The van der Waals surface area contributed by atoms with E-state index in [1.54, 1.807) is 4.90 Å². The van der Waals surface area contributed by atoms with E-state index in [1.165, 1.54) is 5.56 Å². The maximum Gasteiger partial charge on any atom is 0.323 e. The summed E-state index contributed by atoms with van der Waals surface area (Å²) in [6.07, 6.45) is 5.01. The van der Waals surface area contributed by atoms with Crippen molar-refractivity contribution in [3.63, 3.8) is 0 Å². The van der Waals surface area contributed by atoms with Gasteiger partial charge in [-0.05, 0) is 55.7 Å². The monoisotopic (exact) mass is 429 g/mol. The lowest BCUT2D eigenvalue weighted by Crippen LogP contribution is -2.39. The van der Waals surface area contributed by atoms with Crippen LogP contribution in [0.4, 0.5) is 5.82 Å². The largest absolute Gasteiger partial charge is 0.480 e. The Bertz CT molecular complexity index is 891. The van der Waals surface area contributed by atoms with Crippen molar-refractivity contribution in [2.75, 3.05) is 18.4 Å². The second-order valence-corrected chi connectivity index (χ2v) is 8.02. The molecule has 2 N–H and O–H groups in total. The van der Waals surface area contributed by atoms with Gasteiger partial charge < -0.3 is 15.3 Å². The number of rotatable bonds is 7. The number of halogens is 1. The summed E-state index contributed by atoms with van der Waals surface area (Å²) < 4.78 is 0. The maximum absolute atomic E-state index is 12.9. The van der Waals surface area contributed by atoms with Crippen LogP contribution in [-0.2, 0) is 28.9 Å². The number of benzene rings is 1. The molecule has 30 heavy (non-hydrogen) atoms. The fourth-order valence-electron chi connectivity index (χ4n) is 4.47. The minimum Gasteiger partial charge on any atom is -0.480 e. The lowest BCUT2D eigenvalue weighted by molar-refractivity contribution is -0.144. The van der Waals surface area contributed by atoms with E-state index in [1.807, 2.05) is 30.3 Å². The Morgan fingerprint density at radius 3 is 2.77 bits per heavy atom. The van der Waals surface area contributed by atoms with Crippen LogP contribution in [0.2, 0.25) is 0 Å². The first-order valence-corrected chi connectivity index (χ1v) is 10.4. The van der Waals surface area contributed by atoms with Crippen LogP contribution in [0.15, 0.2) is 42.5 Å². The molecule has 1 fully saturated rings. The SMILES string of the molecule is Cl.O=C(O)CN1C(=O)C(CCc2ccc3c(n2)NCCC3)CC1Cc1ccccc1. The van der Waals surface area contributed by atoms with E-state index in [0.717, 1.165) is 42.9 Å². The molecular weight excluding hydrogens is 402 g/mol. The van der Waals surface area contributed by atoms with Crippen LogP contribution in [-0.4, -0.2) is 46.0 Å². The molecule has 2 aromatic rings. The van der Waals surface area contributed by atoms with Crippen molar-refractivity contribution in [2.24, 2.45) is 5.92 Å². The van der Waals surface area contributed by atoms with Crippen LogP contribution in [0.25, 0.3) is 0 Å². The van der Waals surface area contributed by atoms with Crippen molar-refractivity contribution in [2.45, 2.75) is 44.6 Å². The third-order valence-electron chi connectivity index (χ3n) is 5.95. The van der Waals surface area contributed by atoms with Crippen molar-refractivity contribution in [1.82, 2.24) is 9.88 Å². The highest BCUT2D eigenvalue weighted by Gasteiger charge is 2.39. The number of carbonyl (C=O) groups excluding carboxylic acids is 1. The summed E-state index contributed by atoms with van der Waals surface area (Å²) in [6, 6.07) is 14.1. The number of anilines is 1. The Kier molecular flexibility index (Phi) is 7.32. The van der Waals surface area contributed by atoms with Crippen molar-refractivity contribution in [3.8, 4) is 0 Å². The Balaban J connectivity index is 0.00000256. The molecule has 2 atom stereocenters. The first-order chi connectivity index (χ1) is 14.1. The number of carboxylic acid groups (broad SMARTS) is 1. The Morgan fingerprint density at radius 1 is 1.20 bits per heavy atom. The number of pyridine rings is 1. The lowest BCUT2D eigenvalue weighted by Gasteiger charge is -2.23. The quantitative estimate of drug-likeness (QED) is 0.705. The predicted molar refractivity (Wildman–Crippen MR) is 118 cm³/mol. The maximum atomic E-state index is 12.9. The number of amides is 1. The van der Waals surface area contributed by atoms with Gasteiger partial charge in [0.25, 0.3) is 0 Å². The van der Waals surface area contributed by atoms with Crippen LogP contribution in [0, 0.1) is 5.92 Å². The molecule has 1 aromatic heterocycles. The molecule has 4 rings (SSSR count). The molecule has 1 amide bonds. The fourth-order valence-corrected chi connectivity index (χ4v) is 4.47. The molecule has 0 radical (unpaired) electrons. The van der Waals surface area contributed by atoms with E-state index in [-0.39, 0.29) is 36.8 Å². The number of fused-ring (bicyclic) bond motifs is 1. The number of aliphatic carboxylic acids is 1. The second kappa shape index (κ2) is 9.94. The van der Waals surface area contributed by atoms with Gasteiger partial charge in [-0.15, -0.1) is 12.4 Å². The summed E-state index contributed by atoms with van der Waals surface area (Å²) in [4.78, 5) is 30.5. The third kappa shape index (κ3) is 5.11. The van der Waals surface area contributed by atoms with Crippen LogP contribution in [0.5, 0.6) is 0 Å². The number of aryl methyl sites for hydroxylation is 2. The third-order valence-corrected chi connectivity index (χ3v) is 5.95. The van der Waals surface area contributed by atoms with Crippen molar-refractivity contribution >= 4 is 30.1 Å². The minimum absolute atomic E-state index is 0. The van der Waals surface area contributed by atoms with E-state index in [2.05, 4.69) is 17.4 Å². The zero-order valence-electron chi connectivity index (χ0n) is 16.9. The minimum atomic E-state index is -0.959. The summed E-state index contributed by atoms with van der Waals surface area (Å²) in [5.74, 6) is -0.168. The molecule has 0 aliphatic carbocycles. The molecule has 1 aromatic carbocycles. The summed E-state index contributed by atoms with van der Waals surface area (Å²) in [7, 11) is 0. The highest BCUT2D eigenvalue weighted by molar-refractivity contribution is 5.85. The van der Waals surface area contributed by atoms with E-state index >= 15 is 0 Å². The van der Waals surface area contributed by atoms with Gasteiger partial charge in [-0.1, -0.05) is 36.4 Å². The average molecular weight is 430 g/mol. The number of hydrogen-bond acceptors (Lipinski definition) is 4. The van der Waals surface area contributed by atoms with Gasteiger partial charge in [0.05, 0.1) is 0 Å².